The number of nitrogen functional groups attached to an aromatic ring is 1. The van der Waals surface area contributed by atoms with Crippen molar-refractivity contribution in [1.82, 2.24) is 15.0 Å². The molecule has 2 aromatic rings. The Balaban J connectivity index is 2.11. The molecule has 1 aliphatic rings. The maximum absolute atomic E-state index is 13.3. The molecule has 0 bridgehead atoms. The molecule has 106 valence electrons. The van der Waals surface area contributed by atoms with E-state index in [-0.39, 0.29) is 17.4 Å². The van der Waals surface area contributed by atoms with Crippen LogP contribution in [-0.4, -0.2) is 15.0 Å². The number of nitrogens with zero attached hydrogens (tertiary/aromatic N) is 3. The lowest BCUT2D eigenvalue weighted by Crippen LogP contribution is -2.10. The predicted molar refractivity (Wildman–Crippen MR) is 62.7 cm³/mol. The van der Waals surface area contributed by atoms with Crippen LogP contribution < -0.4 is 5.73 Å². The van der Waals surface area contributed by atoms with Crippen molar-refractivity contribution < 1.29 is 17.6 Å². The first-order valence-corrected chi connectivity index (χ1v) is 5.96. The molecular weight excluding hydrogens is 276 g/mol. The van der Waals surface area contributed by atoms with Crippen molar-refractivity contribution >= 4 is 5.82 Å². The van der Waals surface area contributed by atoms with Crippen molar-refractivity contribution in [2.75, 3.05) is 5.73 Å². The Labute approximate surface area is 111 Å². The quantitative estimate of drug-likeness (QED) is 0.864. The molecule has 3 rings (SSSR count). The van der Waals surface area contributed by atoms with Crippen molar-refractivity contribution in [1.29, 1.82) is 0 Å². The Kier molecular flexibility index (Phi) is 2.70. The van der Waals surface area contributed by atoms with Gasteiger partial charge in [-0.1, -0.05) is 5.21 Å². The van der Waals surface area contributed by atoms with E-state index in [1.165, 1.54) is 10.7 Å². The first kappa shape index (κ1) is 12.9. The zero-order valence-electron chi connectivity index (χ0n) is 10.2. The van der Waals surface area contributed by atoms with E-state index >= 15 is 0 Å². The molecule has 0 aliphatic heterocycles. The molecule has 0 atom stereocenters. The van der Waals surface area contributed by atoms with Crippen LogP contribution in [0.4, 0.5) is 23.4 Å². The highest BCUT2D eigenvalue weighted by molar-refractivity contribution is 5.46. The van der Waals surface area contributed by atoms with Gasteiger partial charge in [-0.3, -0.25) is 0 Å². The van der Waals surface area contributed by atoms with Crippen LogP contribution >= 0.6 is 0 Å². The Morgan fingerprint density at radius 2 is 1.95 bits per heavy atom. The van der Waals surface area contributed by atoms with Crippen LogP contribution in [0, 0.1) is 5.82 Å². The molecular formula is C12H10F4N4. The van der Waals surface area contributed by atoms with Gasteiger partial charge in [0.1, 0.15) is 5.82 Å². The highest BCUT2D eigenvalue weighted by Crippen LogP contribution is 2.43. The molecule has 20 heavy (non-hydrogen) atoms. The van der Waals surface area contributed by atoms with Crippen molar-refractivity contribution in [3.63, 3.8) is 0 Å². The molecule has 0 unspecified atom stereocenters. The van der Waals surface area contributed by atoms with Gasteiger partial charge in [0, 0.05) is 5.92 Å². The van der Waals surface area contributed by atoms with Crippen molar-refractivity contribution in [2.45, 2.75) is 24.9 Å². The zero-order valence-corrected chi connectivity index (χ0v) is 10.2. The molecule has 1 aliphatic carbocycles. The van der Waals surface area contributed by atoms with E-state index in [9.17, 15) is 17.6 Å². The number of alkyl halides is 3. The van der Waals surface area contributed by atoms with E-state index < -0.39 is 17.6 Å². The number of hydrogen-bond acceptors (Lipinski definition) is 3. The summed E-state index contributed by atoms with van der Waals surface area (Å²) in [5.74, 6) is -0.961. The maximum atomic E-state index is 13.3. The molecule has 0 amide bonds. The van der Waals surface area contributed by atoms with Gasteiger partial charge in [-0.15, -0.1) is 5.10 Å². The van der Waals surface area contributed by atoms with Crippen LogP contribution in [0.5, 0.6) is 0 Å². The molecule has 1 saturated carbocycles. The summed E-state index contributed by atoms with van der Waals surface area (Å²) >= 11 is 0. The normalized spacial score (nSPS) is 15.6. The molecule has 8 heteroatoms. The van der Waals surface area contributed by atoms with Crippen LogP contribution in [0.3, 0.4) is 0 Å². The third kappa shape index (κ3) is 2.10. The third-order valence-electron chi connectivity index (χ3n) is 3.20. The Morgan fingerprint density at radius 1 is 1.25 bits per heavy atom. The summed E-state index contributed by atoms with van der Waals surface area (Å²) in [5.41, 5.74) is 5.04. The Hall–Kier alpha value is -2.12. The smallest absolute Gasteiger partial charge is 0.381 e. The largest absolute Gasteiger partial charge is 0.419 e. The number of hydrogen-bond donors (Lipinski definition) is 1. The predicted octanol–water partition coefficient (Wildman–Crippen LogP) is 2.88. The Morgan fingerprint density at radius 3 is 2.55 bits per heavy atom. The van der Waals surface area contributed by atoms with Gasteiger partial charge in [0.2, 0.25) is 0 Å². The lowest BCUT2D eigenvalue weighted by Gasteiger charge is -2.11. The molecule has 0 radical (unpaired) electrons. The second-order valence-corrected chi connectivity index (χ2v) is 4.71. The summed E-state index contributed by atoms with van der Waals surface area (Å²) in [7, 11) is 0. The molecule has 0 spiro atoms. The third-order valence-corrected chi connectivity index (χ3v) is 3.20. The zero-order chi connectivity index (χ0) is 14.5. The lowest BCUT2D eigenvalue weighted by atomic mass is 10.1. The minimum absolute atomic E-state index is 0.102. The van der Waals surface area contributed by atoms with E-state index in [4.69, 9.17) is 5.73 Å². The second kappa shape index (κ2) is 4.19. The van der Waals surface area contributed by atoms with E-state index in [0.717, 1.165) is 25.0 Å². The monoisotopic (exact) mass is 286 g/mol. The van der Waals surface area contributed by atoms with E-state index in [1.807, 2.05) is 0 Å². The Bertz CT molecular complexity index is 658. The molecule has 4 nitrogen and oxygen atoms in total. The van der Waals surface area contributed by atoms with Crippen LogP contribution in [0.25, 0.3) is 5.69 Å². The first-order valence-electron chi connectivity index (χ1n) is 5.96. The van der Waals surface area contributed by atoms with Crippen LogP contribution in [0.1, 0.15) is 30.0 Å². The molecule has 1 heterocycles. The van der Waals surface area contributed by atoms with Crippen LogP contribution in [-0.2, 0) is 6.18 Å². The lowest BCUT2D eigenvalue weighted by molar-refractivity contribution is -0.140. The minimum Gasteiger partial charge on any atom is -0.381 e. The summed E-state index contributed by atoms with van der Waals surface area (Å²) in [6, 6.07) is 2.71. The highest BCUT2D eigenvalue weighted by Gasteiger charge is 2.35. The van der Waals surface area contributed by atoms with E-state index in [0.29, 0.717) is 5.69 Å². The van der Waals surface area contributed by atoms with Gasteiger partial charge >= 0.3 is 6.18 Å². The minimum atomic E-state index is -4.76. The summed E-state index contributed by atoms with van der Waals surface area (Å²) in [6.07, 6.45) is -2.97. The standard InChI is InChI=1S/C12H10F4N4/c13-9-4-3-7(5-8(9)12(14,15)16)20-10(6-1-2-6)11(17)18-19-20/h3-6H,1-2,17H2. The van der Waals surface area contributed by atoms with Gasteiger partial charge in [-0.2, -0.15) is 13.2 Å². The van der Waals surface area contributed by atoms with Crippen LogP contribution in [0.2, 0.25) is 0 Å². The molecule has 0 saturated heterocycles. The number of benzene rings is 1. The number of nitrogens with two attached hydrogens (primary N) is 1. The maximum Gasteiger partial charge on any atom is 0.419 e. The second-order valence-electron chi connectivity index (χ2n) is 4.71. The molecule has 1 aromatic heterocycles. The number of anilines is 1. The number of rotatable bonds is 2. The van der Waals surface area contributed by atoms with Crippen molar-refractivity contribution in [3.05, 3.63) is 35.3 Å². The fourth-order valence-electron chi connectivity index (χ4n) is 2.09. The van der Waals surface area contributed by atoms with Gasteiger partial charge in [0.05, 0.1) is 16.9 Å². The van der Waals surface area contributed by atoms with E-state index in [2.05, 4.69) is 10.3 Å². The fraction of sp³-hybridized carbons (Fsp3) is 0.333. The summed E-state index contributed by atoms with van der Waals surface area (Å²) in [6.45, 7) is 0. The van der Waals surface area contributed by atoms with Crippen molar-refractivity contribution in [3.8, 4) is 5.69 Å². The average Bonchev–Trinajstić information content (AvgIpc) is 3.12. The summed E-state index contributed by atoms with van der Waals surface area (Å²) in [5, 5.41) is 7.44. The molecule has 2 N–H and O–H groups in total. The van der Waals surface area contributed by atoms with Crippen molar-refractivity contribution in [2.24, 2.45) is 0 Å². The van der Waals surface area contributed by atoms with Gasteiger partial charge in [-0.25, -0.2) is 9.07 Å². The van der Waals surface area contributed by atoms with Gasteiger partial charge < -0.3 is 5.73 Å². The summed E-state index contributed by atoms with van der Waals surface area (Å²) in [4.78, 5) is 0. The first-order chi connectivity index (χ1) is 9.38. The van der Waals surface area contributed by atoms with Gasteiger partial charge in [0.25, 0.3) is 0 Å². The van der Waals surface area contributed by atoms with Gasteiger partial charge in [-0.05, 0) is 31.0 Å². The fourth-order valence-corrected chi connectivity index (χ4v) is 2.09. The average molecular weight is 286 g/mol. The van der Waals surface area contributed by atoms with Gasteiger partial charge in [0.15, 0.2) is 5.82 Å². The molecule has 1 fully saturated rings. The molecule has 1 aromatic carbocycles. The van der Waals surface area contributed by atoms with E-state index in [1.54, 1.807) is 0 Å². The summed E-state index contributed by atoms with van der Waals surface area (Å²) < 4.78 is 52.7. The SMILES string of the molecule is Nc1nnn(-c2ccc(F)c(C(F)(F)F)c2)c1C1CC1. The van der Waals surface area contributed by atoms with Crippen LogP contribution in [0.15, 0.2) is 18.2 Å². The number of aromatic nitrogens is 3. The topological polar surface area (TPSA) is 56.7 Å². The number of halogens is 4. The highest BCUT2D eigenvalue weighted by atomic mass is 19.4.